The van der Waals surface area contributed by atoms with Crippen molar-refractivity contribution in [1.82, 2.24) is 4.98 Å². The predicted molar refractivity (Wildman–Crippen MR) is 107 cm³/mol. The van der Waals surface area contributed by atoms with E-state index in [1.807, 2.05) is 6.07 Å². The monoisotopic (exact) mass is 486 g/mol. The van der Waals surface area contributed by atoms with Crippen molar-refractivity contribution in [2.24, 2.45) is 0 Å². The molecule has 2 aromatic carbocycles. The molecule has 34 heavy (non-hydrogen) atoms. The summed E-state index contributed by atoms with van der Waals surface area (Å²) in [5.74, 6) is -2.48. The number of pyridine rings is 1. The maximum absolute atomic E-state index is 13.3. The number of ether oxygens (including phenoxy) is 2. The molecule has 3 rings (SSSR count). The van der Waals surface area contributed by atoms with Crippen LogP contribution in [0.1, 0.15) is 11.3 Å². The average molecular weight is 486 g/mol. The molecule has 1 heterocycles. The van der Waals surface area contributed by atoms with E-state index in [1.165, 1.54) is 12.1 Å². The number of rotatable bonds is 7. The second-order valence-corrected chi connectivity index (χ2v) is 6.77. The molecule has 0 aliphatic carbocycles. The van der Waals surface area contributed by atoms with Crippen molar-refractivity contribution in [1.29, 1.82) is 0 Å². The Balaban J connectivity index is 1.82. The van der Waals surface area contributed by atoms with Crippen LogP contribution in [0, 0.1) is 0 Å². The molecule has 0 radical (unpaired) electrons. The summed E-state index contributed by atoms with van der Waals surface area (Å²) in [7, 11) is 0.838. The molecule has 180 valence electrons. The quantitative estimate of drug-likeness (QED) is 0.305. The number of para-hydroxylation sites is 1. The molecule has 0 unspecified atom stereocenters. The second kappa shape index (κ2) is 9.89. The second-order valence-electron chi connectivity index (χ2n) is 6.77. The van der Waals surface area contributed by atoms with Gasteiger partial charge in [0, 0.05) is 13.1 Å². The lowest BCUT2D eigenvalue weighted by Crippen LogP contribution is -2.32. The zero-order valence-electron chi connectivity index (χ0n) is 17.4. The number of carbonyl (C=O) groups excluding carboxylic acids is 1. The molecule has 0 bridgehead atoms. The van der Waals surface area contributed by atoms with Gasteiger partial charge in [-0.05, 0) is 35.9 Å². The van der Waals surface area contributed by atoms with Gasteiger partial charge in [-0.1, -0.05) is 30.3 Å². The Morgan fingerprint density at radius 2 is 1.59 bits per heavy atom. The van der Waals surface area contributed by atoms with E-state index in [0.717, 1.165) is 13.1 Å². The number of hydrogen-bond acceptors (Lipinski definition) is 6. The molecule has 0 atom stereocenters. The molecule has 6 nitrogen and oxygen atoms in total. The van der Waals surface area contributed by atoms with Gasteiger partial charge >= 0.3 is 18.3 Å². The van der Waals surface area contributed by atoms with E-state index >= 15 is 0 Å². The lowest BCUT2D eigenvalue weighted by Gasteiger charge is -2.20. The number of benzene rings is 2. The van der Waals surface area contributed by atoms with Gasteiger partial charge in [0.2, 0.25) is 5.88 Å². The zero-order valence-corrected chi connectivity index (χ0v) is 17.4. The Labute approximate surface area is 189 Å². The summed E-state index contributed by atoms with van der Waals surface area (Å²) in [6.07, 6.45) is -10.3. The van der Waals surface area contributed by atoms with Crippen molar-refractivity contribution in [3.63, 3.8) is 0 Å². The summed E-state index contributed by atoms with van der Waals surface area (Å²) in [5, 5.41) is 0.240. The van der Waals surface area contributed by atoms with Crippen LogP contribution in [-0.2, 0) is 22.4 Å². The number of aromatic nitrogens is 1. The number of alkyl halides is 6. The molecule has 0 fully saturated rings. The Hall–Kier alpha value is -3.96. The summed E-state index contributed by atoms with van der Waals surface area (Å²) < 4.78 is 88.2. The maximum Gasteiger partial charge on any atom is 0.493 e. The van der Waals surface area contributed by atoms with Crippen LogP contribution in [0.15, 0.2) is 66.7 Å². The minimum atomic E-state index is -5.34. The number of anilines is 1. The van der Waals surface area contributed by atoms with Crippen LogP contribution >= 0.6 is 0 Å². The Morgan fingerprint density at radius 3 is 2.24 bits per heavy atom. The van der Waals surface area contributed by atoms with Gasteiger partial charge in [0.25, 0.3) is 0 Å². The molecular formula is C22H16F6N2O4. The summed E-state index contributed by atoms with van der Waals surface area (Å²) >= 11 is 0. The van der Waals surface area contributed by atoms with Gasteiger partial charge in [-0.15, -0.1) is 0 Å². The lowest BCUT2D eigenvalue weighted by molar-refractivity contribution is -0.200. The van der Waals surface area contributed by atoms with E-state index in [0.29, 0.717) is 17.4 Å². The topological polar surface area (TPSA) is 60.9 Å². The van der Waals surface area contributed by atoms with Crippen LogP contribution < -0.4 is 14.5 Å². The van der Waals surface area contributed by atoms with Gasteiger partial charge < -0.3 is 14.3 Å². The number of nitrogens with zero attached hydrogens (tertiary/aromatic N) is 2. The standard InChI is InChI=1S/C22H16F6N2O4/c1-30(34-20(31)22(26,27)28)15-11-18(21(23,24)25)29-19(12-15)33-17-9-5-6-14(10-17)13-32-16-7-3-2-4-8-16/h2-12H,13H2,1H3. The van der Waals surface area contributed by atoms with Gasteiger partial charge in [-0.2, -0.15) is 26.3 Å². The lowest BCUT2D eigenvalue weighted by atomic mass is 10.2. The fourth-order valence-electron chi connectivity index (χ4n) is 2.60. The summed E-state index contributed by atoms with van der Waals surface area (Å²) in [5.41, 5.74) is -1.37. The maximum atomic E-state index is 13.3. The fourth-order valence-corrected chi connectivity index (χ4v) is 2.60. The number of hydroxylamine groups is 1. The van der Waals surface area contributed by atoms with Crippen LogP contribution in [0.25, 0.3) is 0 Å². The first kappa shape index (κ1) is 24.7. The molecule has 0 N–H and O–H groups in total. The van der Waals surface area contributed by atoms with Crippen molar-refractivity contribution in [2.45, 2.75) is 19.0 Å². The Morgan fingerprint density at radius 1 is 0.912 bits per heavy atom. The zero-order chi connectivity index (χ0) is 24.9. The smallest absolute Gasteiger partial charge is 0.489 e. The van der Waals surface area contributed by atoms with Crippen LogP contribution in [0.3, 0.4) is 0 Å². The Kier molecular flexibility index (Phi) is 7.18. The molecule has 0 saturated heterocycles. The van der Waals surface area contributed by atoms with E-state index in [1.54, 1.807) is 36.4 Å². The number of hydrogen-bond donors (Lipinski definition) is 0. The number of carbonyl (C=O) groups is 1. The average Bonchev–Trinajstić information content (AvgIpc) is 2.77. The van der Waals surface area contributed by atoms with E-state index in [2.05, 4.69) is 9.82 Å². The van der Waals surface area contributed by atoms with Crippen molar-refractivity contribution in [3.05, 3.63) is 78.0 Å². The van der Waals surface area contributed by atoms with Crippen molar-refractivity contribution >= 4 is 11.7 Å². The number of halogens is 6. The van der Waals surface area contributed by atoms with Crippen molar-refractivity contribution in [3.8, 4) is 17.4 Å². The first-order valence-electron chi connectivity index (χ1n) is 9.48. The highest BCUT2D eigenvalue weighted by atomic mass is 19.4. The van der Waals surface area contributed by atoms with Gasteiger partial charge in [0.15, 0.2) is 5.69 Å². The van der Waals surface area contributed by atoms with E-state index in [-0.39, 0.29) is 17.4 Å². The highest BCUT2D eigenvalue weighted by molar-refractivity contribution is 5.76. The third kappa shape index (κ3) is 6.77. The third-order valence-electron chi connectivity index (χ3n) is 4.16. The summed E-state index contributed by atoms with van der Waals surface area (Å²) in [4.78, 5) is 18.5. The normalized spacial score (nSPS) is 11.6. The largest absolute Gasteiger partial charge is 0.493 e. The van der Waals surface area contributed by atoms with Gasteiger partial charge in [-0.3, -0.25) is 0 Å². The molecule has 1 aromatic heterocycles. The molecule has 3 aromatic rings. The van der Waals surface area contributed by atoms with Crippen molar-refractivity contribution in [2.75, 3.05) is 12.1 Å². The fraction of sp³-hybridized carbons (Fsp3) is 0.182. The molecule has 0 amide bonds. The first-order chi connectivity index (χ1) is 15.9. The van der Waals surface area contributed by atoms with Crippen LogP contribution in [0.4, 0.5) is 32.0 Å². The van der Waals surface area contributed by atoms with Crippen molar-refractivity contribution < 1.29 is 45.4 Å². The minimum absolute atomic E-state index is 0.0990. The summed E-state index contributed by atoms with van der Waals surface area (Å²) in [6.45, 7) is 0.138. The third-order valence-corrected chi connectivity index (χ3v) is 4.16. The highest BCUT2D eigenvalue weighted by Gasteiger charge is 2.42. The minimum Gasteiger partial charge on any atom is -0.489 e. The molecule has 0 aliphatic heterocycles. The predicted octanol–water partition coefficient (Wildman–Crippen LogP) is 5.93. The molecule has 0 saturated carbocycles. The van der Waals surface area contributed by atoms with E-state index < -0.39 is 35.6 Å². The molecule has 0 spiro atoms. The molecular weight excluding hydrogens is 470 g/mol. The van der Waals surface area contributed by atoms with Gasteiger partial charge in [0.05, 0.1) is 5.69 Å². The van der Waals surface area contributed by atoms with Gasteiger partial charge in [0.1, 0.15) is 18.1 Å². The molecule has 12 heteroatoms. The Bertz CT molecular complexity index is 1140. The van der Waals surface area contributed by atoms with Crippen LogP contribution in [0.5, 0.6) is 17.4 Å². The molecule has 0 aliphatic rings. The van der Waals surface area contributed by atoms with E-state index in [4.69, 9.17) is 9.47 Å². The van der Waals surface area contributed by atoms with Gasteiger partial charge in [-0.25, -0.2) is 14.8 Å². The van der Waals surface area contributed by atoms with E-state index in [9.17, 15) is 31.1 Å². The summed E-state index contributed by atoms with van der Waals surface area (Å²) in [6, 6.07) is 16.4. The van der Waals surface area contributed by atoms with Crippen LogP contribution in [-0.4, -0.2) is 24.2 Å². The first-order valence-corrected chi connectivity index (χ1v) is 9.48. The van der Waals surface area contributed by atoms with Crippen LogP contribution in [0.2, 0.25) is 0 Å². The highest BCUT2D eigenvalue weighted by Crippen LogP contribution is 2.34. The SMILES string of the molecule is CN(OC(=O)C(F)(F)F)c1cc(Oc2cccc(COc3ccccc3)c2)nc(C(F)(F)F)c1.